The molecule has 0 unspecified atom stereocenters. The maximum absolute atomic E-state index is 9.89. The lowest BCUT2D eigenvalue weighted by Gasteiger charge is -2.11. The first-order valence-electron chi connectivity index (χ1n) is 6.43. The number of benzene rings is 1. The van der Waals surface area contributed by atoms with Crippen molar-refractivity contribution in [2.75, 3.05) is 47.5 Å². The van der Waals surface area contributed by atoms with Crippen LogP contribution in [0.15, 0.2) is 18.2 Å². The second-order valence-electron chi connectivity index (χ2n) is 4.56. The molecule has 0 aliphatic carbocycles. The third kappa shape index (κ3) is 5.92. The Bertz CT molecular complexity index is 370. The van der Waals surface area contributed by atoms with E-state index >= 15 is 0 Å². The quantitative estimate of drug-likeness (QED) is 0.656. The zero-order chi connectivity index (χ0) is 14.1. The molecular formula is C14H24N2O3. The zero-order valence-corrected chi connectivity index (χ0v) is 12.0. The van der Waals surface area contributed by atoms with Crippen molar-refractivity contribution in [3.8, 4) is 11.5 Å². The number of para-hydroxylation sites is 1. The van der Waals surface area contributed by atoms with Crippen molar-refractivity contribution >= 4 is 0 Å². The van der Waals surface area contributed by atoms with Crippen LogP contribution in [0, 0.1) is 0 Å². The summed E-state index contributed by atoms with van der Waals surface area (Å²) in [6.07, 6.45) is 0. The molecule has 0 fully saturated rings. The molecule has 5 nitrogen and oxygen atoms in total. The van der Waals surface area contributed by atoms with E-state index in [0.717, 1.165) is 25.3 Å². The molecule has 5 heteroatoms. The second kappa shape index (κ2) is 8.74. The third-order valence-electron chi connectivity index (χ3n) is 2.72. The van der Waals surface area contributed by atoms with Crippen LogP contribution in [0.3, 0.4) is 0 Å². The van der Waals surface area contributed by atoms with E-state index in [1.807, 2.05) is 26.2 Å². The Labute approximate surface area is 115 Å². The molecule has 0 atom stereocenters. The fraction of sp³-hybridized carbons (Fsp3) is 0.571. The number of ether oxygens (including phenoxy) is 2. The first-order valence-corrected chi connectivity index (χ1v) is 6.43. The summed E-state index contributed by atoms with van der Waals surface area (Å²) in [6, 6.07) is 5.48. The molecule has 0 heterocycles. The van der Waals surface area contributed by atoms with E-state index in [1.165, 1.54) is 0 Å². The topological polar surface area (TPSA) is 54.0 Å². The lowest BCUT2D eigenvalue weighted by Crippen LogP contribution is -2.23. The lowest BCUT2D eigenvalue weighted by molar-refractivity contribution is 0.119. The molecule has 0 aliphatic rings. The van der Waals surface area contributed by atoms with Crippen molar-refractivity contribution in [2.24, 2.45) is 0 Å². The van der Waals surface area contributed by atoms with Gasteiger partial charge in [0.15, 0.2) is 11.5 Å². The molecule has 0 aliphatic heterocycles. The van der Waals surface area contributed by atoms with Crippen molar-refractivity contribution in [1.29, 1.82) is 0 Å². The summed E-state index contributed by atoms with van der Waals surface area (Å²) in [5, 5.41) is 13.1. The Balaban J connectivity index is 2.19. The fourth-order valence-corrected chi connectivity index (χ4v) is 1.59. The maximum Gasteiger partial charge on any atom is 0.162 e. The molecule has 1 rings (SSSR count). The van der Waals surface area contributed by atoms with E-state index in [9.17, 15) is 5.11 Å². The van der Waals surface area contributed by atoms with E-state index in [2.05, 4.69) is 10.2 Å². The van der Waals surface area contributed by atoms with E-state index < -0.39 is 0 Å². The van der Waals surface area contributed by atoms with Gasteiger partial charge in [-0.1, -0.05) is 12.1 Å². The number of hydrogen-bond acceptors (Lipinski definition) is 5. The molecule has 1 aromatic carbocycles. The van der Waals surface area contributed by atoms with Crippen LogP contribution in [0.4, 0.5) is 0 Å². The van der Waals surface area contributed by atoms with Gasteiger partial charge in [-0.05, 0) is 20.2 Å². The summed E-state index contributed by atoms with van der Waals surface area (Å²) in [5.74, 6) is 0.701. The first-order chi connectivity index (χ1) is 9.15. The average Bonchev–Trinajstić information content (AvgIpc) is 2.39. The predicted molar refractivity (Wildman–Crippen MR) is 75.7 cm³/mol. The van der Waals surface area contributed by atoms with E-state index in [0.29, 0.717) is 18.9 Å². The molecule has 0 bridgehead atoms. The normalized spacial score (nSPS) is 10.9. The number of nitrogens with zero attached hydrogens (tertiary/aromatic N) is 1. The van der Waals surface area contributed by atoms with E-state index in [1.54, 1.807) is 13.2 Å². The highest BCUT2D eigenvalue weighted by Crippen LogP contribution is 2.28. The number of aromatic hydroxyl groups is 1. The average molecular weight is 268 g/mol. The lowest BCUT2D eigenvalue weighted by atomic mass is 10.2. The van der Waals surface area contributed by atoms with Crippen molar-refractivity contribution < 1.29 is 14.6 Å². The molecule has 108 valence electrons. The minimum Gasteiger partial charge on any atom is -0.504 e. The molecule has 0 spiro atoms. The standard InChI is InChI=1S/C14H24N2O3/c1-16(2)8-10-19-9-7-15-11-12-5-4-6-13(18-3)14(12)17/h4-6,15,17H,7-11H2,1-3H3. The number of rotatable bonds is 9. The van der Waals surface area contributed by atoms with Gasteiger partial charge in [-0.2, -0.15) is 0 Å². The van der Waals surface area contributed by atoms with Gasteiger partial charge < -0.3 is 24.8 Å². The maximum atomic E-state index is 9.89. The highest BCUT2D eigenvalue weighted by molar-refractivity contribution is 5.45. The minimum atomic E-state index is 0.200. The summed E-state index contributed by atoms with van der Waals surface area (Å²) in [6.45, 7) is 3.68. The number of phenolic OH excluding ortho intramolecular Hbond substituents is 1. The Morgan fingerprint density at radius 3 is 2.74 bits per heavy atom. The van der Waals surface area contributed by atoms with Crippen molar-refractivity contribution in [1.82, 2.24) is 10.2 Å². The van der Waals surface area contributed by atoms with E-state index in [4.69, 9.17) is 9.47 Å². The van der Waals surface area contributed by atoms with Gasteiger partial charge in [0.1, 0.15) is 0 Å². The molecule has 0 radical (unpaired) electrons. The summed E-state index contributed by atoms with van der Waals surface area (Å²) in [7, 11) is 5.59. The highest BCUT2D eigenvalue weighted by atomic mass is 16.5. The zero-order valence-electron chi connectivity index (χ0n) is 12.0. The number of methoxy groups -OCH3 is 1. The molecule has 2 N–H and O–H groups in total. The van der Waals surface area contributed by atoms with Gasteiger partial charge in [0, 0.05) is 25.2 Å². The third-order valence-corrected chi connectivity index (χ3v) is 2.72. The van der Waals surface area contributed by atoms with Crippen LogP contribution in [0.1, 0.15) is 5.56 Å². The molecule has 0 aromatic heterocycles. The Kier molecular flexibility index (Phi) is 7.25. The predicted octanol–water partition coefficient (Wildman–Crippen LogP) is 1.07. The van der Waals surface area contributed by atoms with Crippen LogP contribution in [0.2, 0.25) is 0 Å². The molecular weight excluding hydrogens is 244 g/mol. The minimum absolute atomic E-state index is 0.200. The largest absolute Gasteiger partial charge is 0.504 e. The second-order valence-corrected chi connectivity index (χ2v) is 4.56. The summed E-state index contributed by atoms with van der Waals surface area (Å²) >= 11 is 0. The van der Waals surface area contributed by atoms with Crippen molar-refractivity contribution in [3.05, 3.63) is 23.8 Å². The highest BCUT2D eigenvalue weighted by Gasteiger charge is 2.06. The van der Waals surface area contributed by atoms with E-state index in [-0.39, 0.29) is 5.75 Å². The Morgan fingerprint density at radius 2 is 2.05 bits per heavy atom. The summed E-state index contributed by atoms with van der Waals surface area (Å²) in [5.41, 5.74) is 0.827. The molecule has 1 aromatic rings. The van der Waals surface area contributed by atoms with Crippen LogP contribution in [0.25, 0.3) is 0 Å². The molecule has 0 saturated heterocycles. The number of phenols is 1. The van der Waals surface area contributed by atoms with Crippen LogP contribution < -0.4 is 10.1 Å². The summed E-state index contributed by atoms with van der Waals surface area (Å²) < 4.78 is 10.5. The Hall–Kier alpha value is -1.30. The molecule has 0 amide bonds. The van der Waals surface area contributed by atoms with Gasteiger partial charge in [-0.15, -0.1) is 0 Å². The van der Waals surface area contributed by atoms with Crippen LogP contribution in [0.5, 0.6) is 11.5 Å². The van der Waals surface area contributed by atoms with Gasteiger partial charge in [0.05, 0.1) is 20.3 Å². The van der Waals surface area contributed by atoms with Gasteiger partial charge in [-0.25, -0.2) is 0 Å². The number of nitrogens with one attached hydrogen (secondary N) is 1. The smallest absolute Gasteiger partial charge is 0.162 e. The Morgan fingerprint density at radius 1 is 1.26 bits per heavy atom. The summed E-state index contributed by atoms with van der Waals surface area (Å²) in [4.78, 5) is 2.09. The first kappa shape index (κ1) is 15.8. The van der Waals surface area contributed by atoms with Crippen molar-refractivity contribution in [2.45, 2.75) is 6.54 Å². The molecule has 0 saturated carbocycles. The number of hydrogen-bond donors (Lipinski definition) is 2. The van der Waals surface area contributed by atoms with Gasteiger partial charge in [0.25, 0.3) is 0 Å². The van der Waals surface area contributed by atoms with Crippen molar-refractivity contribution in [3.63, 3.8) is 0 Å². The van der Waals surface area contributed by atoms with Gasteiger partial charge in [-0.3, -0.25) is 0 Å². The SMILES string of the molecule is COc1cccc(CNCCOCCN(C)C)c1O. The van der Waals surface area contributed by atoms with Gasteiger partial charge in [0.2, 0.25) is 0 Å². The van der Waals surface area contributed by atoms with Crippen LogP contribution in [-0.2, 0) is 11.3 Å². The monoisotopic (exact) mass is 268 g/mol. The van der Waals surface area contributed by atoms with Crippen LogP contribution in [-0.4, -0.2) is 57.5 Å². The van der Waals surface area contributed by atoms with Crippen LogP contribution >= 0.6 is 0 Å². The molecule has 19 heavy (non-hydrogen) atoms. The fourth-order valence-electron chi connectivity index (χ4n) is 1.59. The number of likely N-dealkylation sites (N-methyl/N-ethyl adjacent to an activating group) is 1. The van der Waals surface area contributed by atoms with Gasteiger partial charge >= 0.3 is 0 Å².